The Kier molecular flexibility index (Phi) is 4.33. The van der Waals surface area contributed by atoms with Crippen molar-refractivity contribution in [2.24, 2.45) is 7.05 Å². The standard InChI is InChI=1S/C22H21N2S/c1-3-24-20-15-19(18-9-5-4-6-10-18)11-12-21(20)25-22(24)14-17-8-7-13-23(2)16-17/h4-16H,3H2,1-2H3/q+1. The molecule has 1 aromatic heterocycles. The highest BCUT2D eigenvalue weighted by Gasteiger charge is 2.24. The first-order valence-electron chi connectivity index (χ1n) is 8.56. The Balaban J connectivity index is 1.72. The van der Waals surface area contributed by atoms with E-state index in [4.69, 9.17) is 0 Å². The van der Waals surface area contributed by atoms with Crippen LogP contribution in [0.1, 0.15) is 12.5 Å². The minimum Gasteiger partial charge on any atom is -0.335 e. The SMILES string of the molecule is CCN1C(=Cc2ccc[n+](C)c2)Sc2ccc(-c3ccccc3)cc21. The van der Waals surface area contributed by atoms with E-state index in [1.54, 1.807) is 0 Å². The minimum atomic E-state index is 0.961. The van der Waals surface area contributed by atoms with Gasteiger partial charge in [0.1, 0.15) is 7.05 Å². The summed E-state index contributed by atoms with van der Waals surface area (Å²) < 4.78 is 2.09. The fourth-order valence-corrected chi connectivity index (χ4v) is 4.35. The number of nitrogens with zero attached hydrogens (tertiary/aromatic N) is 2. The molecule has 2 aromatic carbocycles. The first-order valence-corrected chi connectivity index (χ1v) is 9.38. The van der Waals surface area contributed by atoms with Crippen LogP contribution >= 0.6 is 11.8 Å². The molecule has 1 aliphatic rings. The summed E-state index contributed by atoms with van der Waals surface area (Å²) in [6.45, 7) is 3.17. The molecule has 0 saturated heterocycles. The van der Waals surface area contributed by atoms with Gasteiger partial charge in [-0.3, -0.25) is 0 Å². The van der Waals surface area contributed by atoms with Crippen molar-refractivity contribution in [3.05, 3.63) is 83.6 Å². The number of fused-ring (bicyclic) bond motifs is 1. The molecule has 0 fully saturated rings. The van der Waals surface area contributed by atoms with E-state index < -0.39 is 0 Å². The molecule has 0 N–H and O–H groups in total. The average molecular weight is 345 g/mol. The van der Waals surface area contributed by atoms with Gasteiger partial charge < -0.3 is 4.90 Å². The zero-order chi connectivity index (χ0) is 17.2. The molecule has 0 aliphatic carbocycles. The second kappa shape index (κ2) is 6.77. The highest BCUT2D eigenvalue weighted by atomic mass is 32.2. The summed E-state index contributed by atoms with van der Waals surface area (Å²) in [5.41, 5.74) is 5.06. The van der Waals surface area contributed by atoms with Crippen molar-refractivity contribution in [1.82, 2.24) is 0 Å². The third-order valence-electron chi connectivity index (χ3n) is 4.41. The van der Waals surface area contributed by atoms with E-state index in [-0.39, 0.29) is 0 Å². The molecule has 3 heteroatoms. The van der Waals surface area contributed by atoms with Crippen molar-refractivity contribution >= 4 is 23.5 Å². The van der Waals surface area contributed by atoms with Gasteiger partial charge in [0.25, 0.3) is 0 Å². The van der Waals surface area contributed by atoms with Gasteiger partial charge in [0.15, 0.2) is 12.4 Å². The van der Waals surface area contributed by atoms with E-state index in [9.17, 15) is 0 Å². The summed E-state index contributed by atoms with van der Waals surface area (Å²) >= 11 is 1.85. The number of aryl methyl sites for hydroxylation is 1. The van der Waals surface area contributed by atoms with Crippen molar-refractivity contribution in [3.8, 4) is 11.1 Å². The molecular weight excluding hydrogens is 324 g/mol. The van der Waals surface area contributed by atoms with E-state index in [0.29, 0.717) is 0 Å². The summed E-state index contributed by atoms with van der Waals surface area (Å²) in [5.74, 6) is 0. The Morgan fingerprint density at radius 2 is 1.84 bits per heavy atom. The molecule has 0 atom stereocenters. The summed E-state index contributed by atoms with van der Waals surface area (Å²) in [7, 11) is 2.06. The zero-order valence-corrected chi connectivity index (χ0v) is 15.3. The lowest BCUT2D eigenvalue weighted by atomic mass is 10.0. The molecule has 0 saturated carbocycles. The van der Waals surface area contributed by atoms with Gasteiger partial charge in [-0.05, 0) is 42.3 Å². The van der Waals surface area contributed by atoms with Gasteiger partial charge in [0.05, 0.1) is 10.7 Å². The van der Waals surface area contributed by atoms with Crippen LogP contribution < -0.4 is 9.47 Å². The van der Waals surface area contributed by atoms with Gasteiger partial charge in [-0.2, -0.15) is 0 Å². The lowest BCUT2D eigenvalue weighted by molar-refractivity contribution is -0.671. The maximum Gasteiger partial charge on any atom is 0.175 e. The lowest BCUT2D eigenvalue weighted by Gasteiger charge is -2.18. The second-order valence-corrected chi connectivity index (χ2v) is 7.24. The summed E-state index contributed by atoms with van der Waals surface area (Å²) in [4.78, 5) is 3.73. The van der Waals surface area contributed by atoms with Gasteiger partial charge in [-0.15, -0.1) is 0 Å². The fraction of sp³-hybridized carbons (Fsp3) is 0.136. The molecule has 2 heterocycles. The highest BCUT2D eigenvalue weighted by molar-refractivity contribution is 8.03. The minimum absolute atomic E-state index is 0.961. The maximum atomic E-state index is 2.40. The number of pyridine rings is 1. The Morgan fingerprint density at radius 3 is 2.60 bits per heavy atom. The molecule has 124 valence electrons. The number of rotatable bonds is 3. The molecule has 3 aromatic rings. The average Bonchev–Trinajstić information content (AvgIpc) is 2.98. The molecular formula is C22H21N2S+. The molecule has 0 radical (unpaired) electrons. The predicted molar refractivity (Wildman–Crippen MR) is 106 cm³/mol. The molecule has 0 bridgehead atoms. The largest absolute Gasteiger partial charge is 0.335 e. The number of anilines is 1. The second-order valence-electron chi connectivity index (χ2n) is 6.18. The van der Waals surface area contributed by atoms with E-state index in [0.717, 1.165) is 6.54 Å². The number of hydrogen-bond acceptors (Lipinski definition) is 2. The molecule has 4 rings (SSSR count). The molecule has 25 heavy (non-hydrogen) atoms. The molecule has 2 nitrogen and oxygen atoms in total. The van der Waals surface area contributed by atoms with Crippen molar-refractivity contribution in [2.75, 3.05) is 11.4 Å². The van der Waals surface area contributed by atoms with Crippen LogP contribution in [0.2, 0.25) is 0 Å². The van der Waals surface area contributed by atoms with Crippen LogP contribution in [0.15, 0.2) is 83.0 Å². The predicted octanol–water partition coefficient (Wildman–Crippen LogP) is 5.11. The molecule has 0 spiro atoms. The van der Waals surface area contributed by atoms with Gasteiger partial charge in [-0.1, -0.05) is 48.2 Å². The van der Waals surface area contributed by atoms with Crippen LogP contribution in [0.4, 0.5) is 5.69 Å². The summed E-state index contributed by atoms with van der Waals surface area (Å²) in [6.07, 6.45) is 6.48. The molecule has 0 unspecified atom stereocenters. The van der Waals surface area contributed by atoms with E-state index >= 15 is 0 Å². The quantitative estimate of drug-likeness (QED) is 0.609. The number of benzene rings is 2. The Labute approximate surface area is 153 Å². The van der Waals surface area contributed by atoms with Crippen LogP contribution in [0.25, 0.3) is 17.2 Å². The van der Waals surface area contributed by atoms with E-state index in [1.165, 1.54) is 32.3 Å². The topological polar surface area (TPSA) is 7.12 Å². The highest BCUT2D eigenvalue weighted by Crippen LogP contribution is 2.47. The van der Waals surface area contributed by atoms with Gasteiger partial charge >= 0.3 is 0 Å². The van der Waals surface area contributed by atoms with Gasteiger partial charge in [0, 0.05) is 23.1 Å². The number of thioether (sulfide) groups is 1. The van der Waals surface area contributed by atoms with Gasteiger partial charge in [-0.25, -0.2) is 4.57 Å². The summed E-state index contributed by atoms with van der Waals surface area (Å²) in [6, 6.07) is 21.6. The van der Waals surface area contributed by atoms with Crippen molar-refractivity contribution in [1.29, 1.82) is 0 Å². The van der Waals surface area contributed by atoms with E-state index in [2.05, 4.69) is 103 Å². The Morgan fingerprint density at radius 1 is 1.00 bits per heavy atom. The fourth-order valence-electron chi connectivity index (χ4n) is 3.18. The first-order chi connectivity index (χ1) is 12.2. The van der Waals surface area contributed by atoms with Crippen LogP contribution in [-0.2, 0) is 7.05 Å². The number of aromatic nitrogens is 1. The molecule has 1 aliphatic heterocycles. The van der Waals surface area contributed by atoms with Crippen molar-refractivity contribution < 1.29 is 4.57 Å². The van der Waals surface area contributed by atoms with Crippen LogP contribution in [-0.4, -0.2) is 6.54 Å². The zero-order valence-electron chi connectivity index (χ0n) is 14.5. The van der Waals surface area contributed by atoms with Crippen molar-refractivity contribution in [2.45, 2.75) is 11.8 Å². The molecule has 0 amide bonds. The van der Waals surface area contributed by atoms with E-state index in [1.807, 2.05) is 11.8 Å². The first kappa shape index (κ1) is 16.0. The smallest absolute Gasteiger partial charge is 0.175 e. The summed E-state index contributed by atoms with van der Waals surface area (Å²) in [5, 5.41) is 1.29. The maximum absolute atomic E-state index is 2.40. The third kappa shape index (κ3) is 3.20. The number of hydrogen-bond donors (Lipinski definition) is 0. The van der Waals surface area contributed by atoms with Crippen LogP contribution in [0.5, 0.6) is 0 Å². The van der Waals surface area contributed by atoms with Crippen LogP contribution in [0.3, 0.4) is 0 Å². The monoisotopic (exact) mass is 345 g/mol. The van der Waals surface area contributed by atoms with Gasteiger partial charge in [0.2, 0.25) is 0 Å². The Bertz CT molecular complexity index is 932. The van der Waals surface area contributed by atoms with Crippen LogP contribution in [0, 0.1) is 0 Å². The third-order valence-corrected chi connectivity index (χ3v) is 5.52. The lowest BCUT2D eigenvalue weighted by Crippen LogP contribution is -2.26. The normalized spacial score (nSPS) is 14.8. The Hall–Kier alpha value is -2.52. The van der Waals surface area contributed by atoms with Crippen molar-refractivity contribution in [3.63, 3.8) is 0 Å².